The standard InChI is InChI=1S/C26H31ClN8O3/c1-35(2,18-9-4-3-5-10-18)20(36)16-38-19-13-11-17(12-14-19)8-6-7-15-31-26(30)34-25(37)21-23(28)33-24(29)22(27)32-21/h3-5,9-14H,6-8,15-16H2,1-2H3,(H6-,28,29,30,31,33,34,37)/p+1. The first kappa shape index (κ1) is 28.4. The Balaban J connectivity index is 1.39. The number of unbranched alkanes of at least 4 members (excludes halogenated alkanes) is 1. The summed E-state index contributed by atoms with van der Waals surface area (Å²) in [5, 5.41) is 2.28. The summed E-state index contributed by atoms with van der Waals surface area (Å²) in [7, 11) is 3.69. The molecule has 0 aliphatic carbocycles. The number of quaternary nitrogens is 1. The van der Waals surface area contributed by atoms with E-state index in [1.54, 1.807) is 0 Å². The fraction of sp³-hybridized carbons (Fsp3) is 0.269. The van der Waals surface area contributed by atoms with Gasteiger partial charge < -0.3 is 21.9 Å². The highest BCUT2D eigenvalue weighted by atomic mass is 35.5. The lowest BCUT2D eigenvalue weighted by Crippen LogP contribution is -2.49. The Bertz CT molecular complexity index is 1300. The van der Waals surface area contributed by atoms with Crippen molar-refractivity contribution in [2.45, 2.75) is 19.3 Å². The second-order valence-electron chi connectivity index (χ2n) is 8.93. The number of aliphatic imine (C=N–C) groups is 1. The van der Waals surface area contributed by atoms with E-state index in [2.05, 4.69) is 20.3 Å². The van der Waals surface area contributed by atoms with Crippen LogP contribution in [-0.2, 0) is 11.2 Å². The van der Waals surface area contributed by atoms with Crippen molar-refractivity contribution in [2.24, 2.45) is 10.7 Å². The van der Waals surface area contributed by atoms with Crippen LogP contribution >= 0.6 is 11.6 Å². The summed E-state index contributed by atoms with van der Waals surface area (Å²) in [5.41, 5.74) is 18.8. The number of benzene rings is 2. The van der Waals surface area contributed by atoms with Gasteiger partial charge in [0.1, 0.15) is 11.4 Å². The van der Waals surface area contributed by atoms with Gasteiger partial charge in [-0.05, 0) is 49.1 Å². The molecule has 0 atom stereocenters. The highest BCUT2D eigenvalue weighted by molar-refractivity contribution is 6.31. The van der Waals surface area contributed by atoms with Crippen molar-refractivity contribution in [3.05, 3.63) is 71.0 Å². The molecule has 0 aliphatic heterocycles. The second kappa shape index (κ2) is 12.8. The second-order valence-corrected chi connectivity index (χ2v) is 9.29. The molecular weight excluding hydrogens is 508 g/mol. The van der Waals surface area contributed by atoms with Gasteiger partial charge in [0, 0.05) is 6.54 Å². The molecule has 0 spiro atoms. The number of nitrogens with zero attached hydrogens (tertiary/aromatic N) is 4. The van der Waals surface area contributed by atoms with E-state index >= 15 is 0 Å². The van der Waals surface area contributed by atoms with Crippen LogP contribution in [0.3, 0.4) is 0 Å². The van der Waals surface area contributed by atoms with Crippen LogP contribution in [0.25, 0.3) is 0 Å². The van der Waals surface area contributed by atoms with Crippen LogP contribution in [-0.4, -0.2) is 55.0 Å². The van der Waals surface area contributed by atoms with Gasteiger partial charge in [0.25, 0.3) is 5.91 Å². The first-order valence-corrected chi connectivity index (χ1v) is 12.3. The summed E-state index contributed by atoms with van der Waals surface area (Å²) >= 11 is 5.79. The Morgan fingerprint density at radius 1 is 1.00 bits per heavy atom. The monoisotopic (exact) mass is 539 g/mol. The molecule has 7 N–H and O–H groups in total. The largest absolute Gasteiger partial charge is 0.479 e. The average Bonchev–Trinajstić information content (AvgIpc) is 2.90. The number of ether oxygens (including phenoxy) is 1. The van der Waals surface area contributed by atoms with E-state index in [1.165, 1.54) is 0 Å². The number of guanidine groups is 1. The number of anilines is 2. The van der Waals surface area contributed by atoms with Gasteiger partial charge in [-0.3, -0.25) is 15.1 Å². The Morgan fingerprint density at radius 2 is 1.68 bits per heavy atom. The Hall–Kier alpha value is -4.22. The number of para-hydroxylation sites is 1. The Morgan fingerprint density at radius 3 is 2.37 bits per heavy atom. The van der Waals surface area contributed by atoms with E-state index in [0.29, 0.717) is 12.3 Å². The fourth-order valence-corrected chi connectivity index (χ4v) is 3.59. The molecule has 38 heavy (non-hydrogen) atoms. The number of aryl methyl sites for hydroxylation is 1. The lowest BCUT2D eigenvalue weighted by Gasteiger charge is -2.26. The molecule has 0 saturated heterocycles. The number of nitrogen functional groups attached to an aromatic ring is 2. The van der Waals surface area contributed by atoms with Gasteiger partial charge in [0.2, 0.25) is 6.61 Å². The summed E-state index contributed by atoms with van der Waals surface area (Å²) in [4.78, 5) is 36.7. The van der Waals surface area contributed by atoms with Crippen LogP contribution in [0.5, 0.6) is 5.75 Å². The number of carbonyl (C=O) groups excluding carboxylic acids is 2. The lowest BCUT2D eigenvalue weighted by molar-refractivity contribution is -0.130. The summed E-state index contributed by atoms with van der Waals surface area (Å²) in [5.74, 6) is -0.378. The van der Waals surface area contributed by atoms with Gasteiger partial charge in [-0.1, -0.05) is 41.9 Å². The van der Waals surface area contributed by atoms with Crippen molar-refractivity contribution in [1.29, 1.82) is 0 Å². The molecule has 2 amide bonds. The molecule has 3 rings (SSSR count). The molecule has 1 heterocycles. The first-order valence-electron chi connectivity index (χ1n) is 11.9. The SMILES string of the molecule is C[N+](C)(C(=O)COc1ccc(CCCCN=C(N)NC(=O)c2nc(Cl)c(N)nc2N)cc1)c1ccccc1. The van der Waals surface area contributed by atoms with Crippen LogP contribution in [0.1, 0.15) is 28.9 Å². The van der Waals surface area contributed by atoms with Crippen molar-refractivity contribution < 1.29 is 14.3 Å². The van der Waals surface area contributed by atoms with Crippen LogP contribution < -0.4 is 31.7 Å². The number of amides is 2. The molecule has 0 unspecified atom stereocenters. The number of hydrogen-bond donors (Lipinski definition) is 4. The third kappa shape index (κ3) is 7.64. The zero-order valence-corrected chi connectivity index (χ0v) is 22.1. The van der Waals surface area contributed by atoms with Crippen molar-refractivity contribution in [2.75, 3.05) is 38.7 Å². The molecule has 200 valence electrons. The Labute approximate surface area is 226 Å². The van der Waals surface area contributed by atoms with E-state index in [1.807, 2.05) is 68.7 Å². The van der Waals surface area contributed by atoms with E-state index in [0.717, 1.165) is 30.5 Å². The van der Waals surface area contributed by atoms with E-state index < -0.39 is 5.91 Å². The molecule has 12 heteroatoms. The van der Waals surface area contributed by atoms with E-state index in [-0.39, 0.29) is 45.4 Å². The predicted molar refractivity (Wildman–Crippen MR) is 150 cm³/mol. The van der Waals surface area contributed by atoms with Crippen LogP contribution in [0.2, 0.25) is 5.15 Å². The maximum Gasteiger partial charge on any atom is 0.355 e. The highest BCUT2D eigenvalue weighted by Gasteiger charge is 2.29. The summed E-state index contributed by atoms with van der Waals surface area (Å²) in [6.45, 7) is 0.399. The number of hydrogen-bond acceptors (Lipinski definition) is 8. The van der Waals surface area contributed by atoms with E-state index in [4.69, 9.17) is 33.5 Å². The number of rotatable bonds is 10. The van der Waals surface area contributed by atoms with Crippen LogP contribution in [0.4, 0.5) is 17.3 Å². The molecule has 3 aromatic rings. The smallest absolute Gasteiger partial charge is 0.355 e. The number of nitrogens with one attached hydrogen (secondary N) is 1. The minimum Gasteiger partial charge on any atom is -0.479 e. The number of nitrogens with two attached hydrogens (primary N) is 3. The van der Waals surface area contributed by atoms with Gasteiger partial charge in [0.15, 0.2) is 28.4 Å². The number of carbonyl (C=O) groups is 2. The van der Waals surface area contributed by atoms with Crippen molar-refractivity contribution in [3.63, 3.8) is 0 Å². The zero-order valence-electron chi connectivity index (χ0n) is 21.4. The third-order valence-corrected chi connectivity index (χ3v) is 6.11. The zero-order chi connectivity index (χ0) is 27.7. The van der Waals surface area contributed by atoms with Gasteiger partial charge in [-0.15, -0.1) is 0 Å². The van der Waals surface area contributed by atoms with Gasteiger partial charge in [-0.2, -0.15) is 0 Å². The quantitative estimate of drug-likeness (QED) is 0.132. The number of aromatic nitrogens is 2. The fourth-order valence-electron chi connectivity index (χ4n) is 3.47. The van der Waals surface area contributed by atoms with Crippen molar-refractivity contribution in [1.82, 2.24) is 19.8 Å². The van der Waals surface area contributed by atoms with Crippen LogP contribution in [0, 0.1) is 0 Å². The minimum atomic E-state index is -0.676. The molecule has 11 nitrogen and oxygen atoms in total. The highest BCUT2D eigenvalue weighted by Crippen LogP contribution is 2.20. The van der Waals surface area contributed by atoms with Crippen molar-refractivity contribution >= 4 is 46.7 Å². The maximum absolute atomic E-state index is 12.7. The number of halogens is 1. The predicted octanol–water partition coefficient (Wildman–Crippen LogP) is 2.53. The van der Waals surface area contributed by atoms with Crippen molar-refractivity contribution in [3.8, 4) is 5.75 Å². The van der Waals surface area contributed by atoms with Crippen LogP contribution in [0.15, 0.2) is 59.6 Å². The average molecular weight is 540 g/mol. The van der Waals surface area contributed by atoms with E-state index in [9.17, 15) is 9.59 Å². The summed E-state index contributed by atoms with van der Waals surface area (Å²) < 4.78 is 5.83. The summed E-state index contributed by atoms with van der Waals surface area (Å²) in [6.07, 6.45) is 2.44. The minimum absolute atomic E-state index is 0.0261. The lowest BCUT2D eigenvalue weighted by atomic mass is 10.1. The topological polar surface area (TPSA) is 172 Å². The Kier molecular flexibility index (Phi) is 9.58. The molecular formula is C26H32ClN8O3+. The molecule has 0 fully saturated rings. The molecule has 0 saturated carbocycles. The maximum atomic E-state index is 12.7. The molecule has 0 bridgehead atoms. The summed E-state index contributed by atoms with van der Waals surface area (Å²) in [6, 6.07) is 17.2. The normalized spacial score (nSPS) is 11.7. The molecule has 2 aromatic carbocycles. The third-order valence-electron chi connectivity index (χ3n) is 5.83. The molecule has 1 aromatic heterocycles. The van der Waals surface area contributed by atoms with Gasteiger partial charge >= 0.3 is 5.91 Å². The first-order chi connectivity index (χ1) is 18.1. The molecule has 0 radical (unpaired) electrons. The number of likely N-dealkylation sites (N-methyl/N-ethyl adjacent to an activating group) is 1. The molecule has 0 aliphatic rings. The van der Waals surface area contributed by atoms with Gasteiger partial charge in [-0.25, -0.2) is 19.2 Å². The van der Waals surface area contributed by atoms with Gasteiger partial charge in [0.05, 0.1) is 14.1 Å².